The molecule has 2 fully saturated rings. The van der Waals surface area contributed by atoms with Gasteiger partial charge in [0.15, 0.2) is 0 Å². The van der Waals surface area contributed by atoms with Crippen molar-refractivity contribution in [3.05, 3.63) is 34.9 Å². The first-order valence-electron chi connectivity index (χ1n) is 8.57. The number of halogens is 1. The predicted molar refractivity (Wildman–Crippen MR) is 97.9 cm³/mol. The second-order valence-electron chi connectivity index (χ2n) is 6.76. The van der Waals surface area contributed by atoms with Gasteiger partial charge in [-0.25, -0.2) is 8.42 Å². The van der Waals surface area contributed by atoms with Crippen LogP contribution in [0, 0.1) is 0 Å². The van der Waals surface area contributed by atoms with Gasteiger partial charge in [-0.1, -0.05) is 23.7 Å². The summed E-state index contributed by atoms with van der Waals surface area (Å²) in [6.45, 7) is 4.08. The second kappa shape index (κ2) is 7.61. The van der Waals surface area contributed by atoms with Gasteiger partial charge in [0.25, 0.3) is 0 Å². The molecule has 0 aromatic heterocycles. The molecule has 2 aliphatic rings. The number of hydrogen-bond donors (Lipinski definition) is 0. The Morgan fingerprint density at radius 1 is 1.20 bits per heavy atom. The number of sulfonamides is 1. The third-order valence-corrected chi connectivity index (χ3v) is 6.42. The molecular weight excluding hydrogens is 362 g/mol. The first-order valence-corrected chi connectivity index (χ1v) is 10.8. The summed E-state index contributed by atoms with van der Waals surface area (Å²) in [7, 11) is -3.33. The molecule has 6 nitrogen and oxygen atoms in total. The van der Waals surface area contributed by atoms with Crippen LogP contribution in [0.25, 0.3) is 0 Å². The topological polar surface area (TPSA) is 60.9 Å². The van der Waals surface area contributed by atoms with Crippen LogP contribution in [0.15, 0.2) is 24.3 Å². The van der Waals surface area contributed by atoms with E-state index in [4.69, 9.17) is 11.6 Å². The van der Waals surface area contributed by atoms with Crippen LogP contribution < -0.4 is 0 Å². The van der Waals surface area contributed by atoms with E-state index in [2.05, 4.69) is 4.90 Å². The number of hydrogen-bond acceptors (Lipinski definition) is 4. The van der Waals surface area contributed by atoms with E-state index in [0.717, 1.165) is 36.6 Å². The van der Waals surface area contributed by atoms with Crippen LogP contribution in [0.3, 0.4) is 0 Å². The number of piperazine rings is 1. The fourth-order valence-electron chi connectivity index (χ4n) is 3.61. The summed E-state index contributed by atoms with van der Waals surface area (Å²) >= 11 is 6.03. The van der Waals surface area contributed by atoms with Gasteiger partial charge in [0, 0.05) is 44.3 Å². The summed E-state index contributed by atoms with van der Waals surface area (Å²) in [5.74, 6) is -0.0506. The fourth-order valence-corrected chi connectivity index (χ4v) is 4.95. The molecular formula is C17H24ClN3O3S. The van der Waals surface area contributed by atoms with Gasteiger partial charge in [-0.3, -0.25) is 9.69 Å². The van der Waals surface area contributed by atoms with Gasteiger partial charge >= 0.3 is 0 Å². The van der Waals surface area contributed by atoms with Crippen molar-refractivity contribution in [1.29, 1.82) is 0 Å². The largest absolute Gasteiger partial charge is 0.339 e. The number of benzene rings is 1. The average Bonchev–Trinajstić information content (AvgIpc) is 3.05. The molecule has 1 amide bonds. The molecule has 0 saturated carbocycles. The van der Waals surface area contributed by atoms with Gasteiger partial charge in [0.2, 0.25) is 15.9 Å². The molecule has 1 unspecified atom stereocenters. The first kappa shape index (κ1) is 18.6. The lowest BCUT2D eigenvalue weighted by atomic mass is 10.1. The summed E-state index contributed by atoms with van der Waals surface area (Å²) in [5, 5.41) is 0.730. The van der Waals surface area contributed by atoms with E-state index < -0.39 is 16.1 Å². The first-order chi connectivity index (χ1) is 11.8. The van der Waals surface area contributed by atoms with E-state index in [1.165, 1.54) is 10.6 Å². The molecule has 8 heteroatoms. The van der Waals surface area contributed by atoms with E-state index >= 15 is 0 Å². The number of amides is 1. The Morgan fingerprint density at radius 3 is 2.56 bits per heavy atom. The second-order valence-corrected chi connectivity index (χ2v) is 9.13. The molecule has 1 aromatic carbocycles. The highest BCUT2D eigenvalue weighted by atomic mass is 35.5. The van der Waals surface area contributed by atoms with Gasteiger partial charge in [-0.2, -0.15) is 4.31 Å². The minimum atomic E-state index is -3.33. The Labute approximate surface area is 154 Å². The Kier molecular flexibility index (Phi) is 5.68. The highest BCUT2D eigenvalue weighted by Crippen LogP contribution is 2.23. The van der Waals surface area contributed by atoms with Gasteiger partial charge in [0.1, 0.15) is 6.04 Å². The Bertz CT molecular complexity index is 732. The van der Waals surface area contributed by atoms with E-state index in [9.17, 15) is 13.2 Å². The lowest BCUT2D eigenvalue weighted by Gasteiger charge is -2.37. The maximum absolute atomic E-state index is 12.8. The standard InChI is InChI=1S/C17H24ClN3O3S/c1-25(23,24)21-7-3-6-16(21)17(22)20-10-8-19(9-11-20)13-14-4-2-5-15(18)12-14/h2,4-5,12,16H,3,6-11,13H2,1H3. The Hall–Kier alpha value is -1.15. The lowest BCUT2D eigenvalue weighted by Crippen LogP contribution is -2.54. The summed E-state index contributed by atoms with van der Waals surface area (Å²) in [5.41, 5.74) is 1.16. The van der Waals surface area contributed by atoms with Crippen LogP contribution in [0.2, 0.25) is 5.02 Å². The zero-order valence-electron chi connectivity index (χ0n) is 14.4. The van der Waals surface area contributed by atoms with Crippen LogP contribution in [-0.2, 0) is 21.4 Å². The van der Waals surface area contributed by atoms with Crippen molar-refractivity contribution in [2.75, 3.05) is 39.0 Å². The van der Waals surface area contributed by atoms with Crippen molar-refractivity contribution in [3.8, 4) is 0 Å². The van der Waals surface area contributed by atoms with Crippen molar-refractivity contribution in [3.63, 3.8) is 0 Å². The molecule has 1 aromatic rings. The van der Waals surface area contributed by atoms with Crippen LogP contribution in [0.5, 0.6) is 0 Å². The third-order valence-electron chi connectivity index (χ3n) is 4.89. The zero-order valence-corrected chi connectivity index (χ0v) is 16.0. The van der Waals surface area contributed by atoms with Crippen molar-refractivity contribution in [1.82, 2.24) is 14.1 Å². The highest BCUT2D eigenvalue weighted by molar-refractivity contribution is 7.88. The summed E-state index contributed by atoms with van der Waals surface area (Å²) in [6.07, 6.45) is 2.55. The fraction of sp³-hybridized carbons (Fsp3) is 0.588. The quantitative estimate of drug-likeness (QED) is 0.786. The smallest absolute Gasteiger partial charge is 0.241 e. The minimum Gasteiger partial charge on any atom is -0.339 e. The van der Waals surface area contributed by atoms with Crippen LogP contribution in [0.4, 0.5) is 0 Å². The molecule has 1 atom stereocenters. The highest BCUT2D eigenvalue weighted by Gasteiger charge is 2.39. The third kappa shape index (κ3) is 4.53. The molecule has 0 spiro atoms. The maximum Gasteiger partial charge on any atom is 0.241 e. The Morgan fingerprint density at radius 2 is 1.92 bits per heavy atom. The summed E-state index contributed by atoms with van der Waals surface area (Å²) in [6, 6.07) is 7.29. The number of carbonyl (C=O) groups is 1. The molecule has 2 saturated heterocycles. The van der Waals surface area contributed by atoms with Crippen LogP contribution in [-0.4, -0.2) is 73.5 Å². The monoisotopic (exact) mass is 385 g/mol. The van der Waals surface area contributed by atoms with Crippen molar-refractivity contribution < 1.29 is 13.2 Å². The number of carbonyl (C=O) groups excluding carboxylic acids is 1. The number of rotatable bonds is 4. The lowest BCUT2D eigenvalue weighted by molar-refractivity contribution is -0.136. The van der Waals surface area contributed by atoms with E-state index in [1.54, 1.807) is 0 Å². The van der Waals surface area contributed by atoms with Crippen molar-refractivity contribution >= 4 is 27.5 Å². The van der Waals surface area contributed by atoms with Gasteiger partial charge in [-0.15, -0.1) is 0 Å². The molecule has 25 heavy (non-hydrogen) atoms. The summed E-state index contributed by atoms with van der Waals surface area (Å²) in [4.78, 5) is 16.8. The molecule has 0 radical (unpaired) electrons. The normalized spacial score (nSPS) is 23.1. The molecule has 0 aliphatic carbocycles. The van der Waals surface area contributed by atoms with Crippen LogP contribution in [0.1, 0.15) is 18.4 Å². The maximum atomic E-state index is 12.8. The minimum absolute atomic E-state index is 0.0506. The van der Waals surface area contributed by atoms with Crippen LogP contribution >= 0.6 is 11.6 Å². The van der Waals surface area contributed by atoms with E-state index in [0.29, 0.717) is 26.1 Å². The summed E-state index contributed by atoms with van der Waals surface area (Å²) < 4.78 is 25.1. The molecule has 0 bridgehead atoms. The SMILES string of the molecule is CS(=O)(=O)N1CCCC1C(=O)N1CCN(Cc2cccc(Cl)c2)CC1. The van der Waals surface area contributed by atoms with Gasteiger partial charge in [0.05, 0.1) is 6.26 Å². The molecule has 2 heterocycles. The molecule has 3 rings (SSSR count). The number of nitrogens with zero attached hydrogens (tertiary/aromatic N) is 3. The van der Waals surface area contributed by atoms with E-state index in [1.807, 2.05) is 29.2 Å². The molecule has 2 aliphatic heterocycles. The molecule has 0 N–H and O–H groups in total. The predicted octanol–water partition coefficient (Wildman–Crippen LogP) is 1.41. The van der Waals surface area contributed by atoms with E-state index in [-0.39, 0.29) is 5.91 Å². The molecule has 138 valence electrons. The average molecular weight is 386 g/mol. The van der Waals surface area contributed by atoms with Gasteiger partial charge < -0.3 is 4.90 Å². The Balaban J connectivity index is 1.56. The van der Waals surface area contributed by atoms with Crippen molar-refractivity contribution in [2.45, 2.75) is 25.4 Å². The zero-order chi connectivity index (χ0) is 18.0. The van der Waals surface area contributed by atoms with Crippen molar-refractivity contribution in [2.24, 2.45) is 0 Å². The van der Waals surface area contributed by atoms with Gasteiger partial charge in [-0.05, 0) is 30.5 Å².